The number of ether oxygens (including phenoxy) is 1. The Morgan fingerprint density at radius 2 is 2.15 bits per heavy atom. The van der Waals surface area contributed by atoms with Crippen molar-refractivity contribution < 1.29 is 9.66 Å². The summed E-state index contributed by atoms with van der Waals surface area (Å²) in [4.78, 5) is 10.3. The Balaban J connectivity index is 2.28. The van der Waals surface area contributed by atoms with Crippen molar-refractivity contribution >= 4 is 17.3 Å². The van der Waals surface area contributed by atoms with E-state index in [0.29, 0.717) is 30.6 Å². The molecule has 0 heterocycles. The molecule has 0 radical (unpaired) electrons. The van der Waals surface area contributed by atoms with Crippen LogP contribution in [0.2, 0.25) is 5.02 Å². The monoisotopic (exact) mass is 300 g/mol. The highest BCUT2D eigenvalue weighted by molar-refractivity contribution is 6.31. The van der Waals surface area contributed by atoms with Crippen LogP contribution in [0.25, 0.3) is 0 Å². The van der Waals surface area contributed by atoms with Crippen molar-refractivity contribution in [1.82, 2.24) is 5.32 Å². The number of nitro benzene ring substituents is 1. The fraction of sp³-hybridized carbons (Fsp3) is 0.571. The Kier molecular flexibility index (Phi) is 7.51. The molecule has 1 aromatic carbocycles. The number of hydrogen-bond acceptors (Lipinski definition) is 4. The average Bonchev–Trinajstić information content (AvgIpc) is 2.38. The maximum absolute atomic E-state index is 10.7. The summed E-state index contributed by atoms with van der Waals surface area (Å²) < 4.78 is 5.47. The lowest BCUT2D eigenvalue weighted by molar-refractivity contribution is -0.384. The number of hydrogen-bond donors (Lipinski definition) is 1. The number of halogens is 1. The molecule has 1 aromatic rings. The SMILES string of the molecule is CC(C)CCOCCNCc1cc([N+](=O)[O-])ccc1Cl. The van der Waals surface area contributed by atoms with Crippen molar-refractivity contribution in [3.8, 4) is 0 Å². The van der Waals surface area contributed by atoms with Crippen molar-refractivity contribution in [3.63, 3.8) is 0 Å². The quantitative estimate of drug-likeness (QED) is 0.431. The molecule has 0 amide bonds. The molecule has 6 heteroatoms. The highest BCUT2D eigenvalue weighted by Gasteiger charge is 2.09. The summed E-state index contributed by atoms with van der Waals surface area (Å²) in [5.41, 5.74) is 0.780. The van der Waals surface area contributed by atoms with Crippen LogP contribution < -0.4 is 5.32 Å². The van der Waals surface area contributed by atoms with Gasteiger partial charge in [-0.05, 0) is 24.0 Å². The van der Waals surface area contributed by atoms with Crippen LogP contribution in [0.1, 0.15) is 25.8 Å². The predicted molar refractivity (Wildman–Crippen MR) is 80.1 cm³/mol. The van der Waals surface area contributed by atoms with Crippen LogP contribution in [0, 0.1) is 16.0 Å². The Labute approximate surface area is 124 Å². The van der Waals surface area contributed by atoms with Gasteiger partial charge in [-0.25, -0.2) is 0 Å². The minimum atomic E-state index is -0.422. The molecular weight excluding hydrogens is 280 g/mol. The lowest BCUT2D eigenvalue weighted by Gasteiger charge is -2.08. The standard InChI is InChI=1S/C14H21ClN2O3/c1-11(2)5-7-20-8-6-16-10-12-9-13(17(18)19)3-4-14(12)15/h3-4,9,11,16H,5-8,10H2,1-2H3. The van der Waals surface area contributed by atoms with Crippen LogP contribution in [0.5, 0.6) is 0 Å². The van der Waals surface area contributed by atoms with Crippen molar-refractivity contribution in [1.29, 1.82) is 0 Å². The second-order valence-electron chi connectivity index (χ2n) is 5.00. The molecule has 0 saturated heterocycles. The van der Waals surface area contributed by atoms with Crippen molar-refractivity contribution in [2.45, 2.75) is 26.8 Å². The molecule has 0 aliphatic rings. The topological polar surface area (TPSA) is 64.4 Å². The summed E-state index contributed by atoms with van der Waals surface area (Å²) in [6.45, 7) is 6.89. The third kappa shape index (κ3) is 6.32. The third-order valence-corrected chi connectivity index (χ3v) is 3.19. The fourth-order valence-electron chi connectivity index (χ4n) is 1.60. The lowest BCUT2D eigenvalue weighted by atomic mass is 10.1. The summed E-state index contributed by atoms with van der Waals surface area (Å²) in [7, 11) is 0. The third-order valence-electron chi connectivity index (χ3n) is 2.82. The van der Waals surface area contributed by atoms with Crippen LogP contribution >= 0.6 is 11.6 Å². The minimum absolute atomic E-state index is 0.0550. The number of non-ortho nitro benzene ring substituents is 1. The smallest absolute Gasteiger partial charge is 0.269 e. The zero-order chi connectivity index (χ0) is 15.0. The van der Waals surface area contributed by atoms with Crippen molar-refractivity contribution in [2.24, 2.45) is 5.92 Å². The predicted octanol–water partition coefficient (Wildman–Crippen LogP) is 3.40. The maximum atomic E-state index is 10.7. The van der Waals surface area contributed by atoms with Gasteiger partial charge in [0.15, 0.2) is 0 Å². The van der Waals surface area contributed by atoms with Gasteiger partial charge < -0.3 is 10.1 Å². The van der Waals surface area contributed by atoms with E-state index in [9.17, 15) is 10.1 Å². The normalized spacial score (nSPS) is 11.0. The van der Waals surface area contributed by atoms with Gasteiger partial charge in [0.25, 0.3) is 5.69 Å². The molecule has 0 bridgehead atoms. The number of nitrogens with zero attached hydrogens (tertiary/aromatic N) is 1. The Morgan fingerprint density at radius 3 is 2.80 bits per heavy atom. The number of nitrogens with one attached hydrogen (secondary N) is 1. The van der Waals surface area contributed by atoms with Crippen LogP contribution in [-0.4, -0.2) is 24.7 Å². The van der Waals surface area contributed by atoms with Crippen molar-refractivity contribution in [2.75, 3.05) is 19.8 Å². The van der Waals surface area contributed by atoms with Crippen molar-refractivity contribution in [3.05, 3.63) is 38.9 Å². The second kappa shape index (κ2) is 8.89. The lowest BCUT2D eigenvalue weighted by Crippen LogP contribution is -2.20. The highest BCUT2D eigenvalue weighted by Crippen LogP contribution is 2.21. The first-order valence-electron chi connectivity index (χ1n) is 6.72. The van der Waals surface area contributed by atoms with E-state index < -0.39 is 4.92 Å². The largest absolute Gasteiger partial charge is 0.380 e. The van der Waals surface area contributed by atoms with Gasteiger partial charge in [-0.3, -0.25) is 10.1 Å². The van der Waals surface area contributed by atoms with Crippen LogP contribution in [0.3, 0.4) is 0 Å². The zero-order valence-electron chi connectivity index (χ0n) is 11.9. The number of rotatable bonds is 9. The van der Waals surface area contributed by atoms with Gasteiger partial charge in [-0.15, -0.1) is 0 Å². The van der Waals surface area contributed by atoms with Gasteiger partial charge in [-0.1, -0.05) is 25.4 Å². The first-order valence-corrected chi connectivity index (χ1v) is 7.09. The Bertz CT molecular complexity index is 438. The fourth-order valence-corrected chi connectivity index (χ4v) is 1.78. The summed E-state index contributed by atoms with van der Waals surface area (Å²) in [6, 6.07) is 4.45. The summed E-state index contributed by atoms with van der Waals surface area (Å²) in [5, 5.41) is 14.4. The minimum Gasteiger partial charge on any atom is -0.380 e. The first-order chi connectivity index (χ1) is 9.50. The molecular formula is C14H21ClN2O3. The summed E-state index contributed by atoms with van der Waals surface area (Å²) in [6.07, 6.45) is 1.05. The van der Waals surface area contributed by atoms with Gasteiger partial charge in [-0.2, -0.15) is 0 Å². The zero-order valence-corrected chi connectivity index (χ0v) is 12.7. The van der Waals surface area contributed by atoms with Crippen LogP contribution in [0.4, 0.5) is 5.69 Å². The molecule has 0 aliphatic heterocycles. The van der Waals surface area contributed by atoms with E-state index in [4.69, 9.17) is 16.3 Å². The molecule has 1 rings (SSSR count). The van der Waals surface area contributed by atoms with E-state index in [1.807, 2.05) is 0 Å². The van der Waals surface area contributed by atoms with E-state index in [0.717, 1.165) is 18.6 Å². The van der Waals surface area contributed by atoms with Gasteiger partial charge in [0.05, 0.1) is 11.5 Å². The van der Waals surface area contributed by atoms with E-state index in [1.54, 1.807) is 6.07 Å². The molecule has 0 aromatic heterocycles. The molecule has 0 aliphatic carbocycles. The second-order valence-corrected chi connectivity index (χ2v) is 5.41. The number of nitro groups is 1. The van der Waals surface area contributed by atoms with E-state index >= 15 is 0 Å². The van der Waals surface area contributed by atoms with Gasteiger partial charge in [0, 0.05) is 36.9 Å². The highest BCUT2D eigenvalue weighted by atomic mass is 35.5. The van der Waals surface area contributed by atoms with E-state index in [2.05, 4.69) is 19.2 Å². The van der Waals surface area contributed by atoms with Gasteiger partial charge in [0.2, 0.25) is 0 Å². The molecule has 0 fully saturated rings. The Morgan fingerprint density at radius 1 is 1.40 bits per heavy atom. The molecule has 5 nitrogen and oxygen atoms in total. The summed E-state index contributed by atoms with van der Waals surface area (Å²) in [5.74, 6) is 0.645. The molecule has 20 heavy (non-hydrogen) atoms. The van der Waals surface area contributed by atoms with Gasteiger partial charge in [0.1, 0.15) is 0 Å². The molecule has 0 unspecified atom stereocenters. The molecule has 1 N–H and O–H groups in total. The van der Waals surface area contributed by atoms with Crippen LogP contribution in [0.15, 0.2) is 18.2 Å². The molecule has 0 atom stereocenters. The first kappa shape index (κ1) is 16.9. The van der Waals surface area contributed by atoms with Crippen LogP contribution in [-0.2, 0) is 11.3 Å². The summed E-state index contributed by atoms with van der Waals surface area (Å²) >= 11 is 6.00. The van der Waals surface area contributed by atoms with Gasteiger partial charge >= 0.3 is 0 Å². The Hall–Kier alpha value is -1.17. The number of benzene rings is 1. The maximum Gasteiger partial charge on any atom is 0.269 e. The molecule has 0 saturated carbocycles. The van der Waals surface area contributed by atoms with E-state index in [1.165, 1.54) is 12.1 Å². The molecule has 0 spiro atoms. The average molecular weight is 301 g/mol. The molecule has 112 valence electrons. The van der Waals surface area contributed by atoms with E-state index in [-0.39, 0.29) is 5.69 Å².